The van der Waals surface area contributed by atoms with Gasteiger partial charge in [0.05, 0.1) is 6.61 Å². The molecule has 1 aromatic heterocycles. The fourth-order valence-electron chi connectivity index (χ4n) is 2.30. The van der Waals surface area contributed by atoms with Gasteiger partial charge in [-0.25, -0.2) is 4.79 Å². The number of rotatable bonds is 7. The highest BCUT2D eigenvalue weighted by molar-refractivity contribution is 7.15. The highest BCUT2D eigenvalue weighted by Crippen LogP contribution is 2.25. The van der Waals surface area contributed by atoms with E-state index in [9.17, 15) is 9.59 Å². The molecule has 2 aromatic carbocycles. The van der Waals surface area contributed by atoms with E-state index in [1.54, 1.807) is 31.2 Å². The van der Waals surface area contributed by atoms with Crippen molar-refractivity contribution < 1.29 is 14.3 Å². The molecule has 0 aliphatic rings. The molecular formula is C19H18N4O3S. The summed E-state index contributed by atoms with van der Waals surface area (Å²) in [5.74, 6) is -0.967. The number of amides is 1. The lowest BCUT2D eigenvalue weighted by molar-refractivity contribution is -0.145. The summed E-state index contributed by atoms with van der Waals surface area (Å²) in [4.78, 5) is 24.8. The molecule has 0 saturated heterocycles. The Morgan fingerprint density at radius 1 is 1.04 bits per heavy atom. The van der Waals surface area contributed by atoms with Crippen LogP contribution in [0.15, 0.2) is 60.7 Å². The molecule has 138 valence electrons. The van der Waals surface area contributed by atoms with Gasteiger partial charge in [-0.2, -0.15) is 0 Å². The zero-order chi connectivity index (χ0) is 19.1. The number of carbonyl (C=O) groups excluding carboxylic acids is 2. The quantitative estimate of drug-likeness (QED) is 0.609. The van der Waals surface area contributed by atoms with Crippen LogP contribution >= 0.6 is 11.3 Å². The van der Waals surface area contributed by atoms with E-state index < -0.39 is 12.0 Å². The lowest BCUT2D eigenvalue weighted by Crippen LogP contribution is -2.35. The number of esters is 1. The van der Waals surface area contributed by atoms with Crippen molar-refractivity contribution in [2.24, 2.45) is 0 Å². The molecule has 3 aromatic rings. The molecule has 1 amide bonds. The Balaban J connectivity index is 1.79. The summed E-state index contributed by atoms with van der Waals surface area (Å²) in [5, 5.41) is 14.8. The van der Waals surface area contributed by atoms with Gasteiger partial charge in [0.25, 0.3) is 5.91 Å². The number of ether oxygens (including phenoxy) is 1. The molecule has 3 rings (SSSR count). The van der Waals surface area contributed by atoms with E-state index in [2.05, 4.69) is 20.8 Å². The van der Waals surface area contributed by atoms with Gasteiger partial charge in [0.2, 0.25) is 5.13 Å². The van der Waals surface area contributed by atoms with E-state index in [4.69, 9.17) is 4.74 Å². The van der Waals surface area contributed by atoms with Crippen molar-refractivity contribution in [2.75, 3.05) is 11.9 Å². The summed E-state index contributed by atoms with van der Waals surface area (Å²) in [6.07, 6.45) is 0. The summed E-state index contributed by atoms with van der Waals surface area (Å²) in [5.41, 5.74) is 1.29. The number of nitrogens with one attached hydrogen (secondary N) is 2. The van der Waals surface area contributed by atoms with Crippen molar-refractivity contribution >= 4 is 34.0 Å². The molecule has 0 saturated carbocycles. The minimum atomic E-state index is -1.03. The monoisotopic (exact) mass is 382 g/mol. The molecular weight excluding hydrogens is 364 g/mol. The minimum Gasteiger partial charge on any atom is -0.464 e. The van der Waals surface area contributed by atoms with Gasteiger partial charge in [-0.1, -0.05) is 47.7 Å². The van der Waals surface area contributed by atoms with Crippen LogP contribution in [-0.2, 0) is 9.53 Å². The minimum absolute atomic E-state index is 0.199. The van der Waals surface area contributed by atoms with Crippen LogP contribution in [0.1, 0.15) is 28.3 Å². The predicted octanol–water partition coefficient (Wildman–Crippen LogP) is 3.32. The molecule has 7 nitrogen and oxygen atoms in total. The molecule has 2 N–H and O–H groups in total. The molecule has 0 unspecified atom stereocenters. The molecule has 0 aliphatic heterocycles. The molecule has 0 radical (unpaired) electrons. The molecule has 0 fully saturated rings. The highest BCUT2D eigenvalue weighted by atomic mass is 32.1. The third kappa shape index (κ3) is 4.89. The van der Waals surface area contributed by atoms with Crippen LogP contribution < -0.4 is 10.6 Å². The van der Waals surface area contributed by atoms with Gasteiger partial charge in [0.15, 0.2) is 11.0 Å². The molecule has 0 spiro atoms. The van der Waals surface area contributed by atoms with Crippen LogP contribution in [0, 0.1) is 0 Å². The summed E-state index contributed by atoms with van der Waals surface area (Å²) in [6.45, 7) is 1.90. The number of anilines is 2. The van der Waals surface area contributed by atoms with Gasteiger partial charge in [0.1, 0.15) is 0 Å². The van der Waals surface area contributed by atoms with Gasteiger partial charge in [-0.15, -0.1) is 10.2 Å². The zero-order valence-corrected chi connectivity index (χ0v) is 15.4. The highest BCUT2D eigenvalue weighted by Gasteiger charge is 2.28. The second-order valence-electron chi connectivity index (χ2n) is 5.46. The smallest absolute Gasteiger partial charge is 0.335 e. The van der Waals surface area contributed by atoms with Crippen LogP contribution in [0.2, 0.25) is 0 Å². The topological polar surface area (TPSA) is 93.2 Å². The van der Waals surface area contributed by atoms with Crippen molar-refractivity contribution in [3.8, 4) is 0 Å². The summed E-state index contributed by atoms with van der Waals surface area (Å²) in [6, 6.07) is 17.1. The Labute approximate surface area is 160 Å². The van der Waals surface area contributed by atoms with Crippen LogP contribution in [0.4, 0.5) is 10.8 Å². The van der Waals surface area contributed by atoms with Crippen molar-refractivity contribution in [3.05, 3.63) is 71.2 Å². The van der Waals surface area contributed by atoms with Crippen molar-refractivity contribution in [1.29, 1.82) is 0 Å². The number of nitrogens with zero attached hydrogens (tertiary/aromatic N) is 2. The molecule has 27 heavy (non-hydrogen) atoms. The number of carbonyl (C=O) groups is 2. The second kappa shape index (κ2) is 8.91. The Morgan fingerprint density at radius 3 is 2.37 bits per heavy atom. The number of aromatic nitrogens is 2. The summed E-state index contributed by atoms with van der Waals surface area (Å²) in [7, 11) is 0. The average Bonchev–Trinajstić information content (AvgIpc) is 3.15. The van der Waals surface area contributed by atoms with E-state index in [0.717, 1.165) is 5.69 Å². The number of para-hydroxylation sites is 1. The molecule has 1 heterocycles. The maximum Gasteiger partial charge on any atom is 0.335 e. The van der Waals surface area contributed by atoms with Crippen LogP contribution in [0.25, 0.3) is 0 Å². The predicted molar refractivity (Wildman–Crippen MR) is 103 cm³/mol. The fraction of sp³-hybridized carbons (Fsp3) is 0.158. The maximum atomic E-state index is 12.5. The second-order valence-corrected chi connectivity index (χ2v) is 6.47. The molecule has 0 bridgehead atoms. The Bertz CT molecular complexity index is 900. The van der Waals surface area contributed by atoms with Gasteiger partial charge < -0.3 is 15.4 Å². The van der Waals surface area contributed by atoms with Gasteiger partial charge >= 0.3 is 5.97 Å². The Kier molecular flexibility index (Phi) is 6.11. The standard InChI is InChI=1S/C19H18N4O3S/c1-2-26-18(25)15(21-16(24)13-9-5-3-6-10-13)17-22-23-19(27-17)20-14-11-7-4-8-12-14/h3-12,15H,2H2,1H3,(H,20,23)(H,21,24)/t15-/m0/s1. The normalized spacial score (nSPS) is 11.4. The number of benzene rings is 2. The van der Waals surface area contributed by atoms with E-state index in [-0.39, 0.29) is 12.5 Å². The summed E-state index contributed by atoms with van der Waals surface area (Å²) < 4.78 is 5.09. The first-order valence-electron chi connectivity index (χ1n) is 8.35. The molecule has 8 heteroatoms. The SMILES string of the molecule is CCOC(=O)[C@@H](NC(=O)c1ccccc1)c1nnc(Nc2ccccc2)s1. The lowest BCUT2D eigenvalue weighted by atomic mass is 10.2. The molecule has 1 atom stereocenters. The zero-order valence-electron chi connectivity index (χ0n) is 14.6. The summed E-state index contributed by atoms with van der Waals surface area (Å²) >= 11 is 1.18. The van der Waals surface area contributed by atoms with Gasteiger partial charge in [-0.05, 0) is 31.2 Å². The fourth-order valence-corrected chi connectivity index (χ4v) is 3.10. The van der Waals surface area contributed by atoms with E-state index in [0.29, 0.717) is 15.7 Å². The van der Waals surface area contributed by atoms with Crippen molar-refractivity contribution in [3.63, 3.8) is 0 Å². The maximum absolute atomic E-state index is 12.5. The van der Waals surface area contributed by atoms with Crippen molar-refractivity contribution in [1.82, 2.24) is 15.5 Å². The van der Waals surface area contributed by atoms with E-state index in [1.165, 1.54) is 11.3 Å². The van der Waals surface area contributed by atoms with Crippen molar-refractivity contribution in [2.45, 2.75) is 13.0 Å². The first-order chi connectivity index (χ1) is 13.2. The van der Waals surface area contributed by atoms with Gasteiger partial charge in [0, 0.05) is 11.3 Å². The Morgan fingerprint density at radius 2 is 1.70 bits per heavy atom. The first kappa shape index (κ1) is 18.5. The molecule has 0 aliphatic carbocycles. The van der Waals surface area contributed by atoms with Gasteiger partial charge in [-0.3, -0.25) is 4.79 Å². The third-order valence-electron chi connectivity index (χ3n) is 3.55. The first-order valence-corrected chi connectivity index (χ1v) is 9.17. The third-order valence-corrected chi connectivity index (χ3v) is 4.45. The van der Waals surface area contributed by atoms with E-state index in [1.807, 2.05) is 36.4 Å². The van der Waals surface area contributed by atoms with Crippen LogP contribution in [0.3, 0.4) is 0 Å². The Hall–Kier alpha value is -3.26. The van der Waals surface area contributed by atoms with Crippen LogP contribution in [-0.4, -0.2) is 28.7 Å². The lowest BCUT2D eigenvalue weighted by Gasteiger charge is -2.14. The van der Waals surface area contributed by atoms with E-state index >= 15 is 0 Å². The average molecular weight is 382 g/mol. The number of hydrogen-bond acceptors (Lipinski definition) is 7. The van der Waals surface area contributed by atoms with Crippen LogP contribution in [0.5, 0.6) is 0 Å². The largest absolute Gasteiger partial charge is 0.464 e. The number of hydrogen-bond donors (Lipinski definition) is 2.